The van der Waals surface area contributed by atoms with Gasteiger partial charge in [-0.15, -0.1) is 11.8 Å². The molecule has 6 heteroatoms. The van der Waals surface area contributed by atoms with Crippen LogP contribution in [0.1, 0.15) is 15.9 Å². The fourth-order valence-electron chi connectivity index (χ4n) is 1.38. The third-order valence-electron chi connectivity index (χ3n) is 2.37. The first-order valence-corrected chi connectivity index (χ1v) is 6.31. The van der Waals surface area contributed by atoms with Crippen molar-refractivity contribution >= 4 is 17.7 Å². The number of nitrogens with zero attached hydrogens (tertiary/aromatic N) is 1. The molecule has 0 aliphatic carbocycles. The lowest BCUT2D eigenvalue weighted by atomic mass is 10.2. The number of carboxylic acid groups (broad SMARTS) is 1. The Labute approximate surface area is 112 Å². The van der Waals surface area contributed by atoms with Crippen molar-refractivity contribution in [2.24, 2.45) is 0 Å². The summed E-state index contributed by atoms with van der Waals surface area (Å²) in [5.41, 5.74) is 0.466. The van der Waals surface area contributed by atoms with E-state index >= 15 is 0 Å². The largest absolute Gasteiger partial charge is 0.478 e. The summed E-state index contributed by atoms with van der Waals surface area (Å²) < 4.78 is 26.1. The third-order valence-corrected chi connectivity index (χ3v) is 3.37. The Bertz CT molecular complexity index is 602. The quantitative estimate of drug-likeness (QED) is 0.873. The summed E-state index contributed by atoms with van der Waals surface area (Å²) in [5, 5.41) is 9.29. The van der Waals surface area contributed by atoms with Gasteiger partial charge < -0.3 is 5.11 Å². The molecule has 3 nitrogen and oxygen atoms in total. The average molecular weight is 281 g/mol. The Hall–Kier alpha value is -1.95. The highest BCUT2D eigenvalue weighted by atomic mass is 32.2. The van der Waals surface area contributed by atoms with Gasteiger partial charge in [0, 0.05) is 18.0 Å². The molecule has 0 aliphatic rings. The van der Waals surface area contributed by atoms with Crippen LogP contribution in [0.3, 0.4) is 0 Å². The normalized spacial score (nSPS) is 10.4. The molecule has 2 aromatic rings. The molecule has 1 aromatic heterocycles. The lowest BCUT2D eigenvalue weighted by Gasteiger charge is -2.03. The Morgan fingerprint density at radius 2 is 2.05 bits per heavy atom. The molecule has 0 saturated heterocycles. The number of hydrogen-bond donors (Lipinski definition) is 1. The highest BCUT2D eigenvalue weighted by Gasteiger charge is 2.06. The van der Waals surface area contributed by atoms with E-state index < -0.39 is 17.6 Å². The van der Waals surface area contributed by atoms with Gasteiger partial charge in [0.15, 0.2) is 0 Å². The van der Waals surface area contributed by atoms with Crippen LogP contribution in [0, 0.1) is 11.6 Å². The minimum absolute atomic E-state index is 0.0947. The van der Waals surface area contributed by atoms with E-state index in [2.05, 4.69) is 4.98 Å². The first kappa shape index (κ1) is 13.5. The van der Waals surface area contributed by atoms with E-state index in [1.165, 1.54) is 36.2 Å². The monoisotopic (exact) mass is 281 g/mol. The van der Waals surface area contributed by atoms with Crippen molar-refractivity contribution in [2.45, 2.75) is 10.8 Å². The molecule has 0 unspecified atom stereocenters. The van der Waals surface area contributed by atoms with Gasteiger partial charge in [0.2, 0.25) is 0 Å². The van der Waals surface area contributed by atoms with Crippen molar-refractivity contribution in [3.8, 4) is 0 Å². The van der Waals surface area contributed by atoms with Gasteiger partial charge in [0.05, 0.1) is 10.6 Å². The van der Waals surface area contributed by atoms with Crippen LogP contribution in [0.4, 0.5) is 8.78 Å². The van der Waals surface area contributed by atoms with E-state index in [1.54, 1.807) is 6.07 Å². The summed E-state index contributed by atoms with van der Waals surface area (Å²) in [5.74, 6) is -1.97. The van der Waals surface area contributed by atoms with Crippen molar-refractivity contribution in [3.05, 3.63) is 59.3 Å². The molecule has 0 bridgehead atoms. The summed E-state index contributed by atoms with van der Waals surface area (Å²) in [6.07, 6.45) is 1.24. The fourth-order valence-corrected chi connectivity index (χ4v) is 2.21. The molecule has 19 heavy (non-hydrogen) atoms. The van der Waals surface area contributed by atoms with Crippen molar-refractivity contribution < 1.29 is 18.7 Å². The molecule has 1 heterocycles. The molecule has 0 radical (unpaired) electrons. The van der Waals surface area contributed by atoms with E-state index in [9.17, 15) is 13.6 Å². The lowest BCUT2D eigenvalue weighted by molar-refractivity contribution is 0.0696. The Morgan fingerprint density at radius 1 is 1.26 bits per heavy atom. The van der Waals surface area contributed by atoms with Crippen LogP contribution in [-0.2, 0) is 5.75 Å². The van der Waals surface area contributed by atoms with Crippen molar-refractivity contribution in [3.63, 3.8) is 0 Å². The first-order valence-electron chi connectivity index (χ1n) is 5.32. The first-order chi connectivity index (χ1) is 9.06. The molecule has 1 N–H and O–H groups in total. The second-order valence-electron chi connectivity index (χ2n) is 3.71. The zero-order chi connectivity index (χ0) is 13.8. The third kappa shape index (κ3) is 3.51. The predicted molar refractivity (Wildman–Crippen MR) is 67.1 cm³/mol. The second kappa shape index (κ2) is 5.79. The molecule has 1 aromatic carbocycles. The molecule has 0 saturated carbocycles. The zero-order valence-corrected chi connectivity index (χ0v) is 10.5. The van der Waals surface area contributed by atoms with Crippen molar-refractivity contribution in [1.82, 2.24) is 4.98 Å². The van der Waals surface area contributed by atoms with Crippen LogP contribution in [-0.4, -0.2) is 16.1 Å². The van der Waals surface area contributed by atoms with Gasteiger partial charge in [0.1, 0.15) is 11.6 Å². The molecule has 98 valence electrons. The number of pyridine rings is 1. The highest BCUT2D eigenvalue weighted by Crippen LogP contribution is 2.22. The molecule has 0 aliphatic heterocycles. The van der Waals surface area contributed by atoms with Crippen LogP contribution >= 0.6 is 11.8 Å². The molecule has 2 rings (SSSR count). The summed E-state index contributed by atoms with van der Waals surface area (Å²) in [6.45, 7) is 0. The smallest absolute Gasteiger partial charge is 0.337 e. The lowest BCUT2D eigenvalue weighted by Crippen LogP contribution is -1.97. The SMILES string of the molecule is O=C(O)c1ccc(SCc2ccc(F)cc2F)nc1. The molecule has 0 spiro atoms. The average Bonchev–Trinajstić information content (AvgIpc) is 2.38. The van der Waals surface area contributed by atoms with Crippen LogP contribution in [0.25, 0.3) is 0 Å². The Morgan fingerprint density at radius 3 is 2.63 bits per heavy atom. The van der Waals surface area contributed by atoms with Gasteiger partial charge in [-0.1, -0.05) is 6.07 Å². The summed E-state index contributed by atoms with van der Waals surface area (Å²) in [6, 6.07) is 6.38. The molecular formula is C13H9F2NO2S. The number of halogens is 2. The topological polar surface area (TPSA) is 50.2 Å². The molecule has 0 fully saturated rings. The maximum absolute atomic E-state index is 13.4. The van der Waals surface area contributed by atoms with Gasteiger partial charge in [-0.3, -0.25) is 0 Å². The molecular weight excluding hydrogens is 272 g/mol. The Kier molecular flexibility index (Phi) is 4.11. The highest BCUT2D eigenvalue weighted by molar-refractivity contribution is 7.98. The number of rotatable bonds is 4. The fraction of sp³-hybridized carbons (Fsp3) is 0.0769. The Balaban J connectivity index is 2.04. The maximum Gasteiger partial charge on any atom is 0.337 e. The van der Waals surface area contributed by atoms with Gasteiger partial charge in [-0.25, -0.2) is 18.6 Å². The number of carboxylic acids is 1. The number of carbonyl (C=O) groups is 1. The van der Waals surface area contributed by atoms with Crippen LogP contribution in [0.15, 0.2) is 41.6 Å². The minimum Gasteiger partial charge on any atom is -0.478 e. The number of aromatic nitrogens is 1. The maximum atomic E-state index is 13.4. The van der Waals surface area contributed by atoms with Crippen molar-refractivity contribution in [1.29, 1.82) is 0 Å². The predicted octanol–water partition coefficient (Wildman–Crippen LogP) is 3.35. The number of thioether (sulfide) groups is 1. The van der Waals surface area contributed by atoms with Gasteiger partial charge >= 0.3 is 5.97 Å². The van der Waals surface area contributed by atoms with Gasteiger partial charge in [-0.05, 0) is 23.8 Å². The van der Waals surface area contributed by atoms with E-state index in [1.807, 2.05) is 0 Å². The van der Waals surface area contributed by atoms with Gasteiger partial charge in [-0.2, -0.15) is 0 Å². The summed E-state index contributed by atoms with van der Waals surface area (Å²) in [4.78, 5) is 14.6. The van der Waals surface area contributed by atoms with E-state index in [-0.39, 0.29) is 5.56 Å². The summed E-state index contributed by atoms with van der Waals surface area (Å²) >= 11 is 1.25. The van der Waals surface area contributed by atoms with Gasteiger partial charge in [0.25, 0.3) is 0 Å². The van der Waals surface area contributed by atoms with Crippen molar-refractivity contribution in [2.75, 3.05) is 0 Å². The van der Waals surface area contributed by atoms with Crippen LogP contribution in [0.5, 0.6) is 0 Å². The number of benzene rings is 1. The molecule has 0 amide bonds. The van der Waals surface area contributed by atoms with Crippen LogP contribution in [0.2, 0.25) is 0 Å². The minimum atomic E-state index is -1.05. The standard InChI is InChI=1S/C13H9F2NO2S/c14-10-3-1-9(11(15)5-10)7-19-12-4-2-8(6-16-12)13(17)18/h1-6H,7H2,(H,17,18). The van der Waals surface area contributed by atoms with E-state index in [0.29, 0.717) is 16.3 Å². The number of hydrogen-bond acceptors (Lipinski definition) is 3. The van der Waals surface area contributed by atoms with Crippen LogP contribution < -0.4 is 0 Å². The molecule has 0 atom stereocenters. The number of aromatic carboxylic acids is 1. The summed E-state index contributed by atoms with van der Waals surface area (Å²) in [7, 11) is 0. The zero-order valence-electron chi connectivity index (χ0n) is 9.64. The van der Waals surface area contributed by atoms with E-state index in [0.717, 1.165) is 6.07 Å². The van der Waals surface area contributed by atoms with E-state index in [4.69, 9.17) is 5.11 Å². The second-order valence-corrected chi connectivity index (χ2v) is 4.71.